The van der Waals surface area contributed by atoms with Gasteiger partial charge in [-0.15, -0.1) is 0 Å². The Kier molecular flexibility index (Phi) is 4.11. The number of hydrogen-bond acceptors (Lipinski definition) is 2. The number of hydrogen-bond donors (Lipinski definition) is 2. The first-order valence-electron chi connectivity index (χ1n) is 4.53. The van der Waals surface area contributed by atoms with Crippen LogP contribution in [0.3, 0.4) is 0 Å². The summed E-state index contributed by atoms with van der Waals surface area (Å²) >= 11 is 0. The smallest absolute Gasteiger partial charge is 0.194 e. The number of rotatable bonds is 4. The van der Waals surface area contributed by atoms with Crippen LogP contribution < -0.4 is 5.32 Å². The molecule has 15 heavy (non-hydrogen) atoms. The first kappa shape index (κ1) is 12.0. The monoisotopic (exact) mass is 219 g/mol. The van der Waals surface area contributed by atoms with E-state index in [-0.39, 0.29) is 24.8 Å². The van der Waals surface area contributed by atoms with Gasteiger partial charge in [0.1, 0.15) is 0 Å². The third kappa shape index (κ3) is 2.94. The predicted molar refractivity (Wildman–Crippen MR) is 49.7 cm³/mol. The molecule has 0 aliphatic heterocycles. The quantitative estimate of drug-likeness (QED) is 0.753. The van der Waals surface area contributed by atoms with E-state index in [2.05, 4.69) is 5.32 Å². The van der Waals surface area contributed by atoms with Gasteiger partial charge in [-0.2, -0.15) is 0 Å². The maximum absolute atomic E-state index is 13.1. The molecule has 0 radical (unpaired) electrons. The average Bonchev–Trinajstić information content (AvgIpc) is 2.24. The lowest BCUT2D eigenvalue weighted by Gasteiger charge is -2.11. The van der Waals surface area contributed by atoms with E-state index in [9.17, 15) is 13.2 Å². The zero-order valence-electron chi connectivity index (χ0n) is 8.23. The first-order valence-corrected chi connectivity index (χ1v) is 4.53. The topological polar surface area (TPSA) is 32.3 Å². The van der Waals surface area contributed by atoms with Gasteiger partial charge >= 0.3 is 0 Å². The third-order valence-electron chi connectivity index (χ3n) is 2.03. The van der Waals surface area contributed by atoms with Crippen molar-refractivity contribution < 1.29 is 18.3 Å². The first-order chi connectivity index (χ1) is 7.06. The molecule has 1 aromatic rings. The van der Waals surface area contributed by atoms with Gasteiger partial charge in [-0.3, -0.25) is 0 Å². The SMILES string of the molecule is CC(CO)NCc1ccc(F)c(F)c1F. The Morgan fingerprint density at radius 3 is 2.53 bits per heavy atom. The fourth-order valence-corrected chi connectivity index (χ4v) is 1.05. The van der Waals surface area contributed by atoms with E-state index >= 15 is 0 Å². The highest BCUT2D eigenvalue weighted by Gasteiger charge is 2.13. The number of aliphatic hydroxyl groups excluding tert-OH is 1. The Balaban J connectivity index is 2.74. The van der Waals surface area contributed by atoms with E-state index in [1.165, 1.54) is 6.07 Å². The Morgan fingerprint density at radius 1 is 1.27 bits per heavy atom. The van der Waals surface area contributed by atoms with Crippen LogP contribution in [0.5, 0.6) is 0 Å². The van der Waals surface area contributed by atoms with Gasteiger partial charge in [-0.25, -0.2) is 13.2 Å². The van der Waals surface area contributed by atoms with Crippen molar-refractivity contribution in [2.24, 2.45) is 0 Å². The predicted octanol–water partition coefficient (Wildman–Crippen LogP) is 1.57. The number of benzene rings is 1. The van der Waals surface area contributed by atoms with Crippen LogP contribution in [0.2, 0.25) is 0 Å². The standard InChI is InChI=1S/C10H12F3NO/c1-6(5-15)14-4-7-2-3-8(11)10(13)9(7)12/h2-3,6,14-15H,4-5H2,1H3. The van der Waals surface area contributed by atoms with Gasteiger partial charge in [0.25, 0.3) is 0 Å². The highest BCUT2D eigenvalue weighted by atomic mass is 19.2. The van der Waals surface area contributed by atoms with Crippen molar-refractivity contribution in [3.05, 3.63) is 35.1 Å². The fourth-order valence-electron chi connectivity index (χ4n) is 1.05. The van der Waals surface area contributed by atoms with Gasteiger partial charge in [0, 0.05) is 18.2 Å². The summed E-state index contributed by atoms with van der Waals surface area (Å²) in [7, 11) is 0. The van der Waals surface area contributed by atoms with Gasteiger partial charge in [-0.1, -0.05) is 6.07 Å². The Hall–Kier alpha value is -1.07. The summed E-state index contributed by atoms with van der Waals surface area (Å²) in [5.41, 5.74) is 0.0363. The number of halogens is 3. The van der Waals surface area contributed by atoms with Crippen LogP contribution >= 0.6 is 0 Å². The number of nitrogens with one attached hydrogen (secondary N) is 1. The van der Waals surface area contributed by atoms with Crippen molar-refractivity contribution in [3.63, 3.8) is 0 Å². The minimum Gasteiger partial charge on any atom is -0.395 e. The second-order valence-electron chi connectivity index (χ2n) is 3.30. The molecule has 0 fully saturated rings. The molecule has 1 unspecified atom stereocenters. The van der Waals surface area contributed by atoms with Gasteiger partial charge < -0.3 is 10.4 Å². The van der Waals surface area contributed by atoms with E-state index in [0.717, 1.165) is 6.07 Å². The van der Waals surface area contributed by atoms with Gasteiger partial charge in [0.05, 0.1) is 6.61 Å². The van der Waals surface area contributed by atoms with E-state index in [1.807, 2.05) is 0 Å². The van der Waals surface area contributed by atoms with Crippen LogP contribution in [-0.4, -0.2) is 17.8 Å². The van der Waals surface area contributed by atoms with Crippen molar-refractivity contribution in [2.45, 2.75) is 19.5 Å². The highest BCUT2D eigenvalue weighted by molar-refractivity contribution is 5.20. The normalized spacial score (nSPS) is 12.9. The second-order valence-corrected chi connectivity index (χ2v) is 3.30. The molecule has 5 heteroatoms. The van der Waals surface area contributed by atoms with Gasteiger partial charge in [0.15, 0.2) is 17.5 Å². The van der Waals surface area contributed by atoms with Crippen LogP contribution in [0, 0.1) is 17.5 Å². The summed E-state index contributed by atoms with van der Waals surface area (Å²) in [6.45, 7) is 1.63. The average molecular weight is 219 g/mol. The van der Waals surface area contributed by atoms with Crippen molar-refractivity contribution in [1.29, 1.82) is 0 Å². The second kappa shape index (κ2) is 5.14. The van der Waals surface area contributed by atoms with Crippen molar-refractivity contribution in [2.75, 3.05) is 6.61 Å². The molecule has 1 aromatic carbocycles. The lowest BCUT2D eigenvalue weighted by atomic mass is 10.2. The Labute approximate surface area is 85.7 Å². The molecular weight excluding hydrogens is 207 g/mol. The largest absolute Gasteiger partial charge is 0.395 e. The molecule has 0 heterocycles. The summed E-state index contributed by atoms with van der Waals surface area (Å²) in [6.07, 6.45) is 0. The Morgan fingerprint density at radius 2 is 1.93 bits per heavy atom. The maximum atomic E-state index is 13.1. The van der Waals surface area contributed by atoms with Crippen molar-refractivity contribution in [1.82, 2.24) is 5.32 Å². The van der Waals surface area contributed by atoms with Crippen molar-refractivity contribution >= 4 is 0 Å². The molecular formula is C10H12F3NO. The molecule has 0 aliphatic carbocycles. The van der Waals surface area contributed by atoms with Crippen LogP contribution in [0.15, 0.2) is 12.1 Å². The highest BCUT2D eigenvalue weighted by Crippen LogP contribution is 2.14. The summed E-state index contributed by atoms with van der Waals surface area (Å²) in [4.78, 5) is 0. The zero-order valence-corrected chi connectivity index (χ0v) is 8.23. The molecule has 2 N–H and O–H groups in total. The van der Waals surface area contributed by atoms with Crippen LogP contribution in [0.25, 0.3) is 0 Å². The molecule has 0 spiro atoms. The van der Waals surface area contributed by atoms with Crippen LogP contribution in [0.1, 0.15) is 12.5 Å². The molecule has 0 aliphatic rings. The molecule has 1 rings (SSSR count). The van der Waals surface area contributed by atoms with Crippen LogP contribution in [0.4, 0.5) is 13.2 Å². The van der Waals surface area contributed by atoms with Crippen LogP contribution in [-0.2, 0) is 6.54 Å². The molecule has 0 saturated carbocycles. The molecule has 0 bridgehead atoms. The lowest BCUT2D eigenvalue weighted by molar-refractivity contribution is 0.250. The lowest BCUT2D eigenvalue weighted by Crippen LogP contribution is -2.29. The Bertz CT molecular complexity index is 344. The molecule has 0 aromatic heterocycles. The van der Waals surface area contributed by atoms with E-state index in [1.54, 1.807) is 6.92 Å². The van der Waals surface area contributed by atoms with Gasteiger partial charge in [0.2, 0.25) is 0 Å². The van der Waals surface area contributed by atoms with E-state index in [0.29, 0.717) is 0 Å². The molecule has 2 nitrogen and oxygen atoms in total. The third-order valence-corrected chi connectivity index (χ3v) is 2.03. The molecule has 84 valence electrons. The summed E-state index contributed by atoms with van der Waals surface area (Å²) in [5, 5.41) is 11.4. The molecule has 1 atom stereocenters. The van der Waals surface area contributed by atoms with E-state index in [4.69, 9.17) is 5.11 Å². The summed E-state index contributed by atoms with van der Waals surface area (Å²) in [5.74, 6) is -3.86. The summed E-state index contributed by atoms with van der Waals surface area (Å²) < 4.78 is 38.4. The minimum absolute atomic E-state index is 0.0363. The maximum Gasteiger partial charge on any atom is 0.194 e. The zero-order chi connectivity index (χ0) is 11.4. The number of aliphatic hydroxyl groups is 1. The van der Waals surface area contributed by atoms with Gasteiger partial charge in [-0.05, 0) is 13.0 Å². The van der Waals surface area contributed by atoms with Crippen molar-refractivity contribution in [3.8, 4) is 0 Å². The summed E-state index contributed by atoms with van der Waals surface area (Å²) in [6, 6.07) is 1.82. The molecule has 0 saturated heterocycles. The fraction of sp³-hybridized carbons (Fsp3) is 0.400. The minimum atomic E-state index is -1.47. The molecule has 0 amide bonds. The van der Waals surface area contributed by atoms with E-state index < -0.39 is 17.5 Å².